The van der Waals surface area contributed by atoms with Crippen LogP contribution in [0.25, 0.3) is 22.0 Å². The first-order valence-electron chi connectivity index (χ1n) is 6.21. The van der Waals surface area contributed by atoms with Gasteiger partial charge in [-0.3, -0.25) is 4.98 Å². The minimum absolute atomic E-state index is 0.0735. The second kappa shape index (κ2) is 4.77. The van der Waals surface area contributed by atoms with E-state index < -0.39 is 11.7 Å². The lowest BCUT2D eigenvalue weighted by Gasteiger charge is -2.12. The normalized spacial score (nSPS) is 11.8. The Morgan fingerprint density at radius 3 is 2.29 bits per heavy atom. The fraction of sp³-hybridized carbons (Fsp3) is 0.0625. The summed E-state index contributed by atoms with van der Waals surface area (Å²) in [4.78, 5) is 3.88. The number of rotatable bonds is 1. The first kappa shape index (κ1) is 13.4. The molecular formula is C16H10F3NO. The smallest absolute Gasteiger partial charge is 0.418 e. The summed E-state index contributed by atoms with van der Waals surface area (Å²) in [7, 11) is 0. The Bertz CT molecular complexity index is 795. The van der Waals surface area contributed by atoms with Crippen LogP contribution in [0.1, 0.15) is 5.56 Å². The molecule has 3 rings (SSSR count). The van der Waals surface area contributed by atoms with E-state index in [4.69, 9.17) is 0 Å². The lowest BCUT2D eigenvalue weighted by atomic mass is 9.99. The summed E-state index contributed by atoms with van der Waals surface area (Å²) in [5.74, 6) is 0.105. The van der Waals surface area contributed by atoms with Crippen molar-refractivity contribution in [2.24, 2.45) is 0 Å². The lowest BCUT2D eigenvalue weighted by molar-refractivity contribution is -0.136. The van der Waals surface area contributed by atoms with Crippen LogP contribution in [0, 0.1) is 0 Å². The largest absolute Gasteiger partial charge is 0.508 e. The Labute approximate surface area is 118 Å². The molecule has 0 saturated heterocycles. The molecule has 0 aliphatic carbocycles. The third-order valence-electron chi connectivity index (χ3n) is 3.25. The van der Waals surface area contributed by atoms with Crippen molar-refractivity contribution in [1.29, 1.82) is 0 Å². The number of hydrogen-bond acceptors (Lipinski definition) is 2. The van der Waals surface area contributed by atoms with Crippen molar-refractivity contribution in [2.75, 3.05) is 0 Å². The first-order chi connectivity index (χ1) is 9.97. The van der Waals surface area contributed by atoms with Crippen LogP contribution in [0.4, 0.5) is 13.2 Å². The Kier molecular flexibility index (Phi) is 3.05. The monoisotopic (exact) mass is 289 g/mol. The number of phenolic OH excluding ortho intramolecular Hbond substituents is 1. The average molecular weight is 289 g/mol. The van der Waals surface area contributed by atoms with E-state index in [0.29, 0.717) is 10.9 Å². The number of hydrogen-bond donors (Lipinski definition) is 1. The van der Waals surface area contributed by atoms with Crippen molar-refractivity contribution < 1.29 is 18.3 Å². The predicted octanol–water partition coefficient (Wildman–Crippen LogP) is 4.63. The van der Waals surface area contributed by atoms with Crippen LogP contribution >= 0.6 is 0 Å². The highest BCUT2D eigenvalue weighted by Crippen LogP contribution is 2.36. The van der Waals surface area contributed by atoms with Gasteiger partial charge in [-0.25, -0.2) is 0 Å². The van der Waals surface area contributed by atoms with Gasteiger partial charge in [0.15, 0.2) is 0 Å². The first-order valence-corrected chi connectivity index (χ1v) is 6.21. The Hall–Kier alpha value is -2.56. The second-order valence-electron chi connectivity index (χ2n) is 4.60. The van der Waals surface area contributed by atoms with Crippen molar-refractivity contribution >= 4 is 10.9 Å². The molecule has 3 aromatic rings. The molecule has 0 bridgehead atoms. The number of pyridine rings is 1. The van der Waals surface area contributed by atoms with E-state index in [2.05, 4.69) is 4.98 Å². The van der Waals surface area contributed by atoms with Gasteiger partial charge in [-0.15, -0.1) is 0 Å². The molecule has 0 aliphatic rings. The summed E-state index contributed by atoms with van der Waals surface area (Å²) in [6.07, 6.45) is -3.08. The molecule has 1 aromatic heterocycles. The number of aromatic hydroxyl groups is 1. The maximum Gasteiger partial charge on any atom is 0.418 e. The van der Waals surface area contributed by atoms with Crippen molar-refractivity contribution in [3.8, 4) is 16.9 Å². The molecule has 1 N–H and O–H groups in total. The Morgan fingerprint density at radius 1 is 0.905 bits per heavy atom. The minimum Gasteiger partial charge on any atom is -0.508 e. The van der Waals surface area contributed by atoms with Gasteiger partial charge >= 0.3 is 6.18 Å². The standard InChI is InChI=1S/C16H10F3NO/c17-16(18,19)14-3-1-2-13-12(8-9-20-15(13)14)10-4-6-11(21)7-5-10/h1-9,21H. The van der Waals surface area contributed by atoms with Gasteiger partial charge in [-0.2, -0.15) is 13.2 Å². The zero-order valence-corrected chi connectivity index (χ0v) is 10.7. The van der Waals surface area contributed by atoms with Crippen molar-refractivity contribution in [1.82, 2.24) is 4.98 Å². The van der Waals surface area contributed by atoms with E-state index in [-0.39, 0.29) is 11.3 Å². The van der Waals surface area contributed by atoms with Gasteiger partial charge in [0, 0.05) is 11.6 Å². The van der Waals surface area contributed by atoms with E-state index >= 15 is 0 Å². The van der Waals surface area contributed by atoms with Gasteiger partial charge in [-0.1, -0.05) is 24.3 Å². The van der Waals surface area contributed by atoms with Crippen LogP contribution in [0.2, 0.25) is 0 Å². The second-order valence-corrected chi connectivity index (χ2v) is 4.60. The molecule has 1 heterocycles. The van der Waals surface area contributed by atoms with Crippen LogP contribution < -0.4 is 0 Å². The van der Waals surface area contributed by atoms with Crippen LogP contribution in [0.15, 0.2) is 54.7 Å². The molecule has 0 radical (unpaired) electrons. The predicted molar refractivity (Wildman–Crippen MR) is 73.8 cm³/mol. The molecule has 0 atom stereocenters. The molecule has 21 heavy (non-hydrogen) atoms. The van der Waals surface area contributed by atoms with Gasteiger partial charge in [-0.05, 0) is 35.4 Å². The molecule has 0 aliphatic heterocycles. The zero-order valence-electron chi connectivity index (χ0n) is 10.7. The summed E-state index contributed by atoms with van der Waals surface area (Å²) in [6, 6.07) is 12.0. The summed E-state index contributed by atoms with van der Waals surface area (Å²) >= 11 is 0. The number of nitrogens with zero attached hydrogens (tertiary/aromatic N) is 1. The fourth-order valence-corrected chi connectivity index (χ4v) is 2.30. The van der Waals surface area contributed by atoms with Gasteiger partial charge in [0.2, 0.25) is 0 Å². The summed E-state index contributed by atoms with van der Waals surface area (Å²) in [6.45, 7) is 0. The number of benzene rings is 2. The zero-order chi connectivity index (χ0) is 15.0. The Balaban J connectivity index is 2.28. The van der Waals surface area contributed by atoms with E-state index in [0.717, 1.165) is 11.6 Å². The topological polar surface area (TPSA) is 33.1 Å². The fourth-order valence-electron chi connectivity index (χ4n) is 2.30. The molecule has 5 heteroatoms. The molecule has 2 nitrogen and oxygen atoms in total. The van der Waals surface area contributed by atoms with E-state index in [1.54, 1.807) is 24.3 Å². The van der Waals surface area contributed by atoms with Crippen LogP contribution in [0.5, 0.6) is 5.75 Å². The maximum absolute atomic E-state index is 13.0. The van der Waals surface area contributed by atoms with Crippen LogP contribution in [-0.4, -0.2) is 10.1 Å². The molecule has 106 valence electrons. The molecular weight excluding hydrogens is 279 g/mol. The summed E-state index contributed by atoms with van der Waals surface area (Å²) < 4.78 is 39.1. The van der Waals surface area contributed by atoms with Gasteiger partial charge < -0.3 is 5.11 Å². The van der Waals surface area contributed by atoms with Crippen molar-refractivity contribution in [2.45, 2.75) is 6.18 Å². The van der Waals surface area contributed by atoms with Crippen molar-refractivity contribution in [3.63, 3.8) is 0 Å². The molecule has 0 saturated carbocycles. The quantitative estimate of drug-likeness (QED) is 0.708. The average Bonchev–Trinajstić information content (AvgIpc) is 2.46. The van der Waals surface area contributed by atoms with Crippen molar-refractivity contribution in [3.05, 3.63) is 60.3 Å². The number of aromatic nitrogens is 1. The SMILES string of the molecule is Oc1ccc(-c2ccnc3c(C(F)(F)F)cccc23)cc1. The number of para-hydroxylation sites is 1. The number of alkyl halides is 3. The molecule has 0 amide bonds. The highest BCUT2D eigenvalue weighted by molar-refractivity contribution is 5.96. The van der Waals surface area contributed by atoms with E-state index in [1.807, 2.05) is 0 Å². The highest BCUT2D eigenvalue weighted by Gasteiger charge is 2.33. The molecule has 0 fully saturated rings. The third-order valence-corrected chi connectivity index (χ3v) is 3.25. The van der Waals surface area contributed by atoms with Crippen LogP contribution in [0.3, 0.4) is 0 Å². The lowest BCUT2D eigenvalue weighted by Crippen LogP contribution is -2.06. The summed E-state index contributed by atoms with van der Waals surface area (Å²) in [5.41, 5.74) is 0.543. The number of fused-ring (bicyclic) bond motifs is 1. The van der Waals surface area contributed by atoms with E-state index in [1.165, 1.54) is 24.4 Å². The number of halogens is 3. The van der Waals surface area contributed by atoms with Gasteiger partial charge in [0.1, 0.15) is 5.75 Å². The molecule has 2 aromatic carbocycles. The Morgan fingerprint density at radius 2 is 1.62 bits per heavy atom. The number of phenols is 1. The maximum atomic E-state index is 13.0. The van der Waals surface area contributed by atoms with Gasteiger partial charge in [0.05, 0.1) is 11.1 Å². The highest BCUT2D eigenvalue weighted by atomic mass is 19.4. The van der Waals surface area contributed by atoms with E-state index in [9.17, 15) is 18.3 Å². The summed E-state index contributed by atoms with van der Waals surface area (Å²) in [5, 5.41) is 9.74. The van der Waals surface area contributed by atoms with Gasteiger partial charge in [0.25, 0.3) is 0 Å². The third kappa shape index (κ3) is 2.42. The van der Waals surface area contributed by atoms with Crippen LogP contribution in [-0.2, 0) is 6.18 Å². The minimum atomic E-state index is -4.44. The molecule has 0 spiro atoms. The molecule has 0 unspecified atom stereocenters.